The molecule has 1 N–H and O–H groups in total. The lowest BCUT2D eigenvalue weighted by molar-refractivity contribution is 0.0739. The minimum Gasteiger partial charge on any atom is -0.367 e. The number of rotatable bonds is 3. The first-order valence-electron chi connectivity index (χ1n) is 9.27. The number of halogens is 1. The highest BCUT2D eigenvalue weighted by Gasteiger charge is 2.25. The molecule has 6 nitrogen and oxygen atoms in total. The first-order chi connectivity index (χ1) is 12.7. The molecule has 1 amide bonds. The van der Waals surface area contributed by atoms with E-state index in [-0.39, 0.29) is 5.91 Å². The Balaban J connectivity index is 1.38. The molecule has 3 heterocycles. The molecule has 1 aromatic heterocycles. The van der Waals surface area contributed by atoms with Crippen molar-refractivity contribution in [3.63, 3.8) is 0 Å². The van der Waals surface area contributed by atoms with Crippen molar-refractivity contribution in [1.29, 1.82) is 0 Å². The van der Waals surface area contributed by atoms with Gasteiger partial charge in [-0.15, -0.1) is 0 Å². The largest absolute Gasteiger partial charge is 0.367 e. The zero-order chi connectivity index (χ0) is 17.9. The van der Waals surface area contributed by atoms with E-state index in [0.717, 1.165) is 49.7 Å². The predicted molar refractivity (Wildman–Crippen MR) is 103 cm³/mol. The zero-order valence-corrected chi connectivity index (χ0v) is 15.5. The van der Waals surface area contributed by atoms with Crippen LogP contribution in [-0.2, 0) is 0 Å². The van der Waals surface area contributed by atoms with Crippen molar-refractivity contribution in [2.24, 2.45) is 0 Å². The molecule has 0 aliphatic carbocycles. The summed E-state index contributed by atoms with van der Waals surface area (Å²) in [6.07, 6.45) is 4.20. The summed E-state index contributed by atoms with van der Waals surface area (Å²) in [7, 11) is 0. The number of carbonyl (C=O) groups excluding carboxylic acids is 1. The molecule has 4 rings (SSSR count). The number of para-hydroxylation sites is 1. The molecule has 0 spiro atoms. The average Bonchev–Trinajstić information content (AvgIpc) is 3.19. The first-order valence-corrected chi connectivity index (χ1v) is 9.65. The second-order valence-corrected chi connectivity index (χ2v) is 7.32. The molecule has 1 aromatic carbocycles. The highest BCUT2D eigenvalue weighted by Crippen LogP contribution is 2.26. The average molecular weight is 374 g/mol. The van der Waals surface area contributed by atoms with Gasteiger partial charge >= 0.3 is 0 Å². The molecule has 2 aliphatic rings. The molecule has 7 heteroatoms. The smallest absolute Gasteiger partial charge is 0.274 e. The van der Waals surface area contributed by atoms with Crippen LogP contribution < -0.4 is 10.2 Å². The third-order valence-corrected chi connectivity index (χ3v) is 5.55. The number of nitrogens with one attached hydrogen (secondary N) is 1. The number of anilines is 1. The fourth-order valence-corrected chi connectivity index (χ4v) is 3.99. The Bertz CT molecular complexity index is 763. The van der Waals surface area contributed by atoms with Gasteiger partial charge in [0.05, 0.1) is 16.8 Å². The van der Waals surface area contributed by atoms with Crippen molar-refractivity contribution >= 4 is 23.2 Å². The summed E-state index contributed by atoms with van der Waals surface area (Å²) in [4.78, 5) is 16.9. The Morgan fingerprint density at radius 1 is 1.15 bits per heavy atom. The lowest BCUT2D eigenvalue weighted by Gasteiger charge is -2.36. The third kappa shape index (κ3) is 3.57. The van der Waals surface area contributed by atoms with Crippen molar-refractivity contribution < 1.29 is 4.79 Å². The Morgan fingerprint density at radius 2 is 1.96 bits per heavy atom. The maximum Gasteiger partial charge on any atom is 0.274 e. The lowest BCUT2D eigenvalue weighted by Crippen LogP contribution is -2.49. The molecular formula is C19H24ClN5O. The van der Waals surface area contributed by atoms with Gasteiger partial charge in [0, 0.05) is 38.9 Å². The van der Waals surface area contributed by atoms with Crippen LogP contribution in [0.2, 0.25) is 5.02 Å². The molecular weight excluding hydrogens is 350 g/mol. The number of hydrogen-bond donors (Lipinski definition) is 1. The van der Waals surface area contributed by atoms with Gasteiger partial charge in [-0.2, -0.15) is 5.10 Å². The van der Waals surface area contributed by atoms with Gasteiger partial charge in [-0.3, -0.25) is 9.48 Å². The van der Waals surface area contributed by atoms with E-state index in [4.69, 9.17) is 11.6 Å². The van der Waals surface area contributed by atoms with Crippen molar-refractivity contribution in [3.8, 4) is 0 Å². The maximum atomic E-state index is 12.8. The van der Waals surface area contributed by atoms with Crippen LogP contribution in [0.15, 0.2) is 36.5 Å². The van der Waals surface area contributed by atoms with E-state index < -0.39 is 0 Å². The number of carbonyl (C=O) groups is 1. The standard InChI is InChI=1S/C19H24ClN5O/c20-16-5-1-2-6-18(16)23-10-12-24(13-11-23)19(26)17-7-9-25(22-17)15-4-3-8-21-14-15/h1-2,5-7,9,15,21H,3-4,8,10-14H2. The molecule has 0 saturated carbocycles. The Kier molecular flexibility index (Phi) is 5.13. The number of aromatic nitrogens is 2. The van der Waals surface area contributed by atoms with Crippen LogP contribution in [0.3, 0.4) is 0 Å². The molecule has 138 valence electrons. The summed E-state index contributed by atoms with van der Waals surface area (Å²) in [6, 6.07) is 10.1. The Morgan fingerprint density at radius 3 is 2.69 bits per heavy atom. The molecule has 2 aromatic rings. The van der Waals surface area contributed by atoms with Gasteiger partial charge < -0.3 is 15.1 Å². The number of piperazine rings is 1. The zero-order valence-electron chi connectivity index (χ0n) is 14.8. The summed E-state index contributed by atoms with van der Waals surface area (Å²) in [5.41, 5.74) is 1.58. The van der Waals surface area contributed by atoms with Gasteiger partial charge in [-0.1, -0.05) is 23.7 Å². The van der Waals surface area contributed by atoms with Crippen molar-refractivity contribution in [3.05, 3.63) is 47.2 Å². The maximum absolute atomic E-state index is 12.8. The van der Waals surface area contributed by atoms with Crippen LogP contribution in [0.4, 0.5) is 5.69 Å². The summed E-state index contributed by atoms with van der Waals surface area (Å²) in [6.45, 7) is 4.92. The van der Waals surface area contributed by atoms with E-state index in [1.54, 1.807) is 0 Å². The fourth-order valence-electron chi connectivity index (χ4n) is 3.74. The minimum atomic E-state index is 0.0197. The molecule has 1 unspecified atom stereocenters. The quantitative estimate of drug-likeness (QED) is 0.897. The second-order valence-electron chi connectivity index (χ2n) is 6.91. The van der Waals surface area contributed by atoms with Gasteiger partial charge in [0.25, 0.3) is 5.91 Å². The van der Waals surface area contributed by atoms with Gasteiger partial charge in [-0.05, 0) is 37.6 Å². The van der Waals surface area contributed by atoms with Crippen LogP contribution in [0.25, 0.3) is 0 Å². The number of benzene rings is 1. The van der Waals surface area contributed by atoms with Gasteiger partial charge in [0.2, 0.25) is 0 Å². The predicted octanol–water partition coefficient (Wildman–Crippen LogP) is 2.42. The first kappa shape index (κ1) is 17.4. The van der Waals surface area contributed by atoms with Crippen LogP contribution in [0, 0.1) is 0 Å². The normalized spacial score (nSPS) is 21.0. The van der Waals surface area contributed by atoms with E-state index in [9.17, 15) is 4.79 Å². The summed E-state index contributed by atoms with van der Waals surface area (Å²) in [5, 5.41) is 8.70. The Hall–Kier alpha value is -2.05. The summed E-state index contributed by atoms with van der Waals surface area (Å²) < 4.78 is 1.94. The summed E-state index contributed by atoms with van der Waals surface area (Å²) in [5.74, 6) is 0.0197. The molecule has 0 radical (unpaired) electrons. The number of piperidine rings is 1. The van der Waals surface area contributed by atoms with E-state index in [1.165, 1.54) is 0 Å². The van der Waals surface area contributed by atoms with Gasteiger partial charge in [0.1, 0.15) is 5.69 Å². The topological polar surface area (TPSA) is 53.4 Å². The van der Waals surface area contributed by atoms with Crippen LogP contribution in [0.1, 0.15) is 29.4 Å². The van der Waals surface area contributed by atoms with Crippen LogP contribution >= 0.6 is 11.6 Å². The molecule has 2 aliphatic heterocycles. The van der Waals surface area contributed by atoms with E-state index >= 15 is 0 Å². The van der Waals surface area contributed by atoms with E-state index in [1.807, 2.05) is 46.1 Å². The van der Waals surface area contributed by atoms with Crippen molar-refractivity contribution in [1.82, 2.24) is 20.0 Å². The lowest BCUT2D eigenvalue weighted by atomic mass is 10.1. The van der Waals surface area contributed by atoms with Crippen LogP contribution in [0.5, 0.6) is 0 Å². The highest BCUT2D eigenvalue weighted by molar-refractivity contribution is 6.33. The van der Waals surface area contributed by atoms with Crippen LogP contribution in [-0.4, -0.2) is 59.9 Å². The second kappa shape index (κ2) is 7.68. The molecule has 0 bridgehead atoms. The molecule has 26 heavy (non-hydrogen) atoms. The highest BCUT2D eigenvalue weighted by atomic mass is 35.5. The van der Waals surface area contributed by atoms with Crippen molar-refractivity contribution in [2.75, 3.05) is 44.2 Å². The number of nitrogens with zero attached hydrogens (tertiary/aromatic N) is 4. The fraction of sp³-hybridized carbons (Fsp3) is 0.474. The molecule has 2 saturated heterocycles. The minimum absolute atomic E-state index is 0.0197. The number of hydrogen-bond acceptors (Lipinski definition) is 4. The SMILES string of the molecule is O=C(c1ccn(C2CCCNC2)n1)N1CCN(c2ccccc2Cl)CC1. The summed E-state index contributed by atoms with van der Waals surface area (Å²) >= 11 is 6.29. The van der Waals surface area contributed by atoms with E-state index in [0.29, 0.717) is 24.8 Å². The number of amides is 1. The third-order valence-electron chi connectivity index (χ3n) is 5.23. The Labute approximate surface area is 158 Å². The van der Waals surface area contributed by atoms with E-state index in [2.05, 4.69) is 15.3 Å². The van der Waals surface area contributed by atoms with Gasteiger partial charge in [0.15, 0.2) is 0 Å². The molecule has 1 atom stereocenters. The monoisotopic (exact) mass is 373 g/mol. The van der Waals surface area contributed by atoms with Gasteiger partial charge in [-0.25, -0.2) is 0 Å². The molecule has 2 fully saturated rings. The van der Waals surface area contributed by atoms with Crippen molar-refractivity contribution in [2.45, 2.75) is 18.9 Å².